The van der Waals surface area contributed by atoms with E-state index in [9.17, 15) is 0 Å². The summed E-state index contributed by atoms with van der Waals surface area (Å²) in [5.74, 6) is 0.820. The Labute approximate surface area is 114 Å². The first-order valence-electron chi connectivity index (χ1n) is 4.94. The molecule has 2 rings (SSSR count). The maximum Gasteiger partial charge on any atom is 0.129 e. The number of methoxy groups -OCH3 is 1. The van der Waals surface area contributed by atoms with Gasteiger partial charge in [-0.3, -0.25) is 0 Å². The molecule has 17 heavy (non-hydrogen) atoms. The number of nitrogens with two attached hydrogens (primary N) is 1. The third kappa shape index (κ3) is 2.75. The van der Waals surface area contributed by atoms with Gasteiger partial charge in [-0.25, -0.2) is 0 Å². The molecular formula is C12H11Cl2NOS. The highest BCUT2D eigenvalue weighted by Gasteiger charge is 2.13. The van der Waals surface area contributed by atoms with Crippen molar-refractivity contribution in [3.05, 3.63) is 50.1 Å². The number of benzene rings is 1. The maximum absolute atomic E-state index is 6.16. The SMILES string of the molecule is COc1csc(C(N)c2ccc(Cl)c(Cl)c2)c1. The van der Waals surface area contributed by atoms with Crippen LogP contribution in [0.2, 0.25) is 10.0 Å². The summed E-state index contributed by atoms with van der Waals surface area (Å²) in [4.78, 5) is 1.03. The molecule has 0 bridgehead atoms. The van der Waals surface area contributed by atoms with Crippen molar-refractivity contribution in [2.24, 2.45) is 5.73 Å². The molecule has 1 unspecified atom stereocenters. The molecule has 0 aliphatic heterocycles. The molecule has 0 aliphatic rings. The lowest BCUT2D eigenvalue weighted by Gasteiger charge is -2.10. The molecule has 0 fully saturated rings. The zero-order valence-electron chi connectivity index (χ0n) is 9.11. The van der Waals surface area contributed by atoms with E-state index in [2.05, 4.69) is 0 Å². The Morgan fingerprint density at radius 3 is 2.59 bits per heavy atom. The first-order chi connectivity index (χ1) is 8.11. The number of ether oxygens (including phenoxy) is 1. The Morgan fingerprint density at radius 2 is 2.00 bits per heavy atom. The van der Waals surface area contributed by atoms with Crippen molar-refractivity contribution in [3.8, 4) is 5.75 Å². The lowest BCUT2D eigenvalue weighted by atomic mass is 10.1. The summed E-state index contributed by atoms with van der Waals surface area (Å²) in [7, 11) is 1.64. The fourth-order valence-corrected chi connectivity index (χ4v) is 2.66. The molecule has 2 nitrogen and oxygen atoms in total. The van der Waals surface area contributed by atoms with E-state index < -0.39 is 0 Å². The van der Waals surface area contributed by atoms with E-state index in [0.717, 1.165) is 16.2 Å². The molecule has 0 saturated heterocycles. The fraction of sp³-hybridized carbons (Fsp3) is 0.167. The van der Waals surface area contributed by atoms with Gasteiger partial charge in [0.1, 0.15) is 5.75 Å². The molecule has 5 heteroatoms. The van der Waals surface area contributed by atoms with Crippen molar-refractivity contribution in [2.45, 2.75) is 6.04 Å². The number of thiophene rings is 1. The van der Waals surface area contributed by atoms with E-state index in [1.165, 1.54) is 0 Å². The Hall–Kier alpha value is -0.740. The van der Waals surface area contributed by atoms with Crippen molar-refractivity contribution in [3.63, 3.8) is 0 Å². The van der Waals surface area contributed by atoms with Gasteiger partial charge in [-0.05, 0) is 23.8 Å². The van der Waals surface area contributed by atoms with Gasteiger partial charge in [0.05, 0.1) is 23.2 Å². The Morgan fingerprint density at radius 1 is 1.24 bits per heavy atom. The first kappa shape index (κ1) is 12.7. The van der Waals surface area contributed by atoms with E-state index in [4.69, 9.17) is 33.7 Å². The second-order valence-corrected chi connectivity index (χ2v) is 5.30. The second-order valence-electron chi connectivity index (χ2n) is 3.54. The number of halogens is 2. The quantitative estimate of drug-likeness (QED) is 0.922. The van der Waals surface area contributed by atoms with Crippen LogP contribution in [0.3, 0.4) is 0 Å². The molecule has 90 valence electrons. The third-order valence-corrected chi connectivity index (χ3v) is 4.17. The molecule has 1 aromatic heterocycles. The lowest BCUT2D eigenvalue weighted by Crippen LogP contribution is -2.09. The minimum atomic E-state index is -0.210. The zero-order chi connectivity index (χ0) is 12.4. The van der Waals surface area contributed by atoms with Gasteiger partial charge in [0.25, 0.3) is 0 Å². The van der Waals surface area contributed by atoms with Crippen molar-refractivity contribution in [1.82, 2.24) is 0 Å². The van der Waals surface area contributed by atoms with Gasteiger partial charge < -0.3 is 10.5 Å². The number of hydrogen-bond acceptors (Lipinski definition) is 3. The molecule has 0 radical (unpaired) electrons. The van der Waals surface area contributed by atoms with Gasteiger partial charge in [0.2, 0.25) is 0 Å². The van der Waals surface area contributed by atoms with E-state index in [-0.39, 0.29) is 6.04 Å². The predicted molar refractivity (Wildman–Crippen MR) is 73.4 cm³/mol. The van der Waals surface area contributed by atoms with Crippen LogP contribution in [0.1, 0.15) is 16.5 Å². The predicted octanol–water partition coefficient (Wildman–Crippen LogP) is 4.11. The number of rotatable bonds is 3. The minimum absolute atomic E-state index is 0.210. The van der Waals surface area contributed by atoms with E-state index in [0.29, 0.717) is 10.0 Å². The minimum Gasteiger partial charge on any atom is -0.496 e. The Balaban J connectivity index is 2.29. The highest BCUT2D eigenvalue weighted by atomic mass is 35.5. The number of hydrogen-bond donors (Lipinski definition) is 1. The molecule has 1 heterocycles. The van der Waals surface area contributed by atoms with Gasteiger partial charge >= 0.3 is 0 Å². The maximum atomic E-state index is 6.16. The fourth-order valence-electron chi connectivity index (χ4n) is 1.47. The van der Waals surface area contributed by atoms with Gasteiger partial charge in [0.15, 0.2) is 0 Å². The Bertz CT molecular complexity index is 527. The van der Waals surface area contributed by atoms with E-state index in [1.807, 2.05) is 17.5 Å². The summed E-state index contributed by atoms with van der Waals surface area (Å²) < 4.78 is 5.13. The van der Waals surface area contributed by atoms with Crippen molar-refractivity contribution < 1.29 is 4.74 Å². The van der Waals surface area contributed by atoms with E-state index >= 15 is 0 Å². The normalized spacial score (nSPS) is 12.5. The smallest absolute Gasteiger partial charge is 0.129 e. The molecular weight excluding hydrogens is 277 g/mol. The van der Waals surface area contributed by atoms with Crippen LogP contribution in [-0.4, -0.2) is 7.11 Å². The van der Waals surface area contributed by atoms with Crippen LogP contribution in [0.4, 0.5) is 0 Å². The van der Waals surface area contributed by atoms with E-state index in [1.54, 1.807) is 30.6 Å². The standard InChI is InChI=1S/C12H11Cl2NOS/c1-16-8-5-11(17-6-8)12(15)7-2-3-9(13)10(14)4-7/h2-6,12H,15H2,1H3. The molecule has 0 amide bonds. The van der Waals surface area contributed by atoms with Crippen molar-refractivity contribution in [2.75, 3.05) is 7.11 Å². The summed E-state index contributed by atoms with van der Waals surface area (Å²) in [5.41, 5.74) is 7.09. The van der Waals surface area contributed by atoms with Gasteiger partial charge in [-0.1, -0.05) is 29.3 Å². The van der Waals surface area contributed by atoms with Crippen LogP contribution in [0, 0.1) is 0 Å². The summed E-state index contributed by atoms with van der Waals surface area (Å²) in [6.45, 7) is 0. The summed E-state index contributed by atoms with van der Waals surface area (Å²) in [6, 6.07) is 7.15. The molecule has 1 atom stereocenters. The Kier molecular flexibility index (Phi) is 3.94. The average Bonchev–Trinajstić information content (AvgIpc) is 2.80. The van der Waals surface area contributed by atoms with Gasteiger partial charge in [-0.15, -0.1) is 11.3 Å². The average molecular weight is 288 g/mol. The van der Waals surface area contributed by atoms with Crippen LogP contribution in [0.25, 0.3) is 0 Å². The summed E-state index contributed by atoms with van der Waals surface area (Å²) in [5, 5.41) is 2.97. The molecule has 0 saturated carbocycles. The van der Waals surface area contributed by atoms with Crippen LogP contribution < -0.4 is 10.5 Å². The molecule has 0 spiro atoms. The van der Waals surface area contributed by atoms with Crippen LogP contribution in [0.15, 0.2) is 29.6 Å². The molecule has 1 aromatic carbocycles. The molecule has 0 aliphatic carbocycles. The van der Waals surface area contributed by atoms with Crippen LogP contribution >= 0.6 is 34.5 Å². The van der Waals surface area contributed by atoms with Gasteiger partial charge in [0, 0.05) is 10.3 Å². The lowest BCUT2D eigenvalue weighted by molar-refractivity contribution is 0.416. The highest BCUT2D eigenvalue weighted by molar-refractivity contribution is 7.10. The first-order valence-corrected chi connectivity index (χ1v) is 6.58. The highest BCUT2D eigenvalue weighted by Crippen LogP contribution is 2.32. The monoisotopic (exact) mass is 287 g/mol. The zero-order valence-corrected chi connectivity index (χ0v) is 11.4. The largest absolute Gasteiger partial charge is 0.496 e. The second kappa shape index (κ2) is 5.27. The molecule has 2 N–H and O–H groups in total. The summed E-state index contributed by atoms with van der Waals surface area (Å²) in [6.07, 6.45) is 0. The van der Waals surface area contributed by atoms with Crippen molar-refractivity contribution in [1.29, 1.82) is 0 Å². The van der Waals surface area contributed by atoms with Crippen molar-refractivity contribution >= 4 is 34.5 Å². The molecule has 2 aromatic rings. The van der Waals surface area contributed by atoms with Gasteiger partial charge in [-0.2, -0.15) is 0 Å². The van der Waals surface area contributed by atoms with Crippen LogP contribution in [-0.2, 0) is 0 Å². The van der Waals surface area contributed by atoms with Crippen LogP contribution in [0.5, 0.6) is 5.75 Å². The summed E-state index contributed by atoms with van der Waals surface area (Å²) >= 11 is 13.4. The third-order valence-electron chi connectivity index (χ3n) is 2.44. The topological polar surface area (TPSA) is 35.2 Å².